The second kappa shape index (κ2) is 6.59. The first-order chi connectivity index (χ1) is 8.06. The maximum Gasteiger partial charge on any atom is 0.323 e. The van der Waals surface area contributed by atoms with Crippen LogP contribution >= 0.6 is 0 Å². The van der Waals surface area contributed by atoms with Crippen molar-refractivity contribution in [2.75, 3.05) is 13.1 Å². The van der Waals surface area contributed by atoms with Crippen LogP contribution in [0.3, 0.4) is 0 Å². The van der Waals surface area contributed by atoms with E-state index < -0.39 is 5.97 Å². The van der Waals surface area contributed by atoms with Crippen LogP contribution in [0.4, 0.5) is 0 Å². The lowest BCUT2D eigenvalue weighted by molar-refractivity contribution is -0.147. The van der Waals surface area contributed by atoms with Crippen molar-refractivity contribution in [3.63, 3.8) is 0 Å². The van der Waals surface area contributed by atoms with Crippen molar-refractivity contribution < 1.29 is 14.7 Å². The molecule has 2 atom stereocenters. The number of hydrogen-bond acceptors (Lipinski definition) is 3. The monoisotopic (exact) mass is 242 g/mol. The van der Waals surface area contributed by atoms with Gasteiger partial charge in [0.25, 0.3) is 0 Å². The fourth-order valence-corrected chi connectivity index (χ4v) is 2.08. The number of piperidine rings is 1. The van der Waals surface area contributed by atoms with Crippen molar-refractivity contribution in [3.8, 4) is 0 Å². The number of rotatable bonds is 5. The van der Waals surface area contributed by atoms with Gasteiger partial charge in [-0.1, -0.05) is 13.3 Å². The van der Waals surface area contributed by atoms with Gasteiger partial charge in [0.1, 0.15) is 6.54 Å². The summed E-state index contributed by atoms with van der Waals surface area (Å²) >= 11 is 0. The van der Waals surface area contributed by atoms with Crippen molar-refractivity contribution >= 4 is 11.9 Å². The quantitative estimate of drug-likeness (QED) is 0.749. The first-order valence-electron chi connectivity index (χ1n) is 6.32. The third kappa shape index (κ3) is 4.00. The lowest BCUT2D eigenvalue weighted by atomic mass is 10.0. The molecule has 1 amide bonds. The first kappa shape index (κ1) is 14.0. The van der Waals surface area contributed by atoms with Crippen LogP contribution in [-0.4, -0.2) is 47.1 Å². The summed E-state index contributed by atoms with van der Waals surface area (Å²) in [7, 11) is 0. The Morgan fingerprint density at radius 3 is 2.65 bits per heavy atom. The summed E-state index contributed by atoms with van der Waals surface area (Å²) in [6, 6.07) is -0.223. The summed E-state index contributed by atoms with van der Waals surface area (Å²) in [6.07, 6.45) is 3.70. The van der Waals surface area contributed by atoms with Crippen molar-refractivity contribution in [2.45, 2.75) is 51.6 Å². The Balaban J connectivity index is 2.66. The van der Waals surface area contributed by atoms with Gasteiger partial charge in [-0.25, -0.2) is 0 Å². The third-order valence-corrected chi connectivity index (χ3v) is 3.32. The second-order valence-electron chi connectivity index (χ2n) is 4.62. The molecule has 1 heterocycles. The van der Waals surface area contributed by atoms with E-state index in [0.29, 0.717) is 0 Å². The highest BCUT2D eigenvalue weighted by molar-refractivity contribution is 5.85. The number of hydrogen-bond donors (Lipinski definition) is 2. The Labute approximate surface area is 102 Å². The zero-order chi connectivity index (χ0) is 12.8. The molecule has 1 aliphatic rings. The highest BCUT2D eigenvalue weighted by Crippen LogP contribution is 2.13. The Morgan fingerprint density at radius 1 is 1.47 bits per heavy atom. The van der Waals surface area contributed by atoms with Crippen LogP contribution in [-0.2, 0) is 9.59 Å². The molecule has 0 spiro atoms. The Kier molecular flexibility index (Phi) is 5.41. The fraction of sp³-hybridized carbons (Fsp3) is 0.833. The molecular formula is C12H22N2O3. The zero-order valence-corrected chi connectivity index (χ0v) is 10.6. The minimum atomic E-state index is -0.950. The molecule has 1 saturated heterocycles. The maximum absolute atomic E-state index is 12.2. The maximum atomic E-state index is 12.2. The van der Waals surface area contributed by atoms with E-state index in [1.807, 2.05) is 13.8 Å². The molecule has 0 aromatic rings. The van der Waals surface area contributed by atoms with Gasteiger partial charge < -0.3 is 15.3 Å². The Hall–Kier alpha value is -1.10. The normalized spacial score (nSPS) is 21.9. The molecule has 0 aromatic heterocycles. The molecule has 2 unspecified atom stereocenters. The lowest BCUT2D eigenvalue weighted by Crippen LogP contribution is -2.52. The molecule has 0 bridgehead atoms. The molecule has 98 valence electrons. The molecule has 0 saturated carbocycles. The number of carboxylic acids is 1. The van der Waals surface area contributed by atoms with Crippen molar-refractivity contribution in [2.24, 2.45) is 0 Å². The predicted molar refractivity (Wildman–Crippen MR) is 64.7 cm³/mol. The van der Waals surface area contributed by atoms with E-state index in [9.17, 15) is 9.59 Å². The lowest BCUT2D eigenvalue weighted by Gasteiger charge is -2.32. The highest BCUT2D eigenvalue weighted by atomic mass is 16.4. The fourth-order valence-electron chi connectivity index (χ4n) is 2.08. The van der Waals surface area contributed by atoms with Crippen molar-refractivity contribution in [1.82, 2.24) is 10.2 Å². The van der Waals surface area contributed by atoms with Gasteiger partial charge in [0, 0.05) is 6.04 Å². The van der Waals surface area contributed by atoms with Gasteiger partial charge in [0.15, 0.2) is 0 Å². The number of aliphatic carboxylic acids is 1. The van der Waals surface area contributed by atoms with Crippen LogP contribution in [0.15, 0.2) is 0 Å². The van der Waals surface area contributed by atoms with Gasteiger partial charge in [-0.3, -0.25) is 9.59 Å². The summed E-state index contributed by atoms with van der Waals surface area (Å²) in [5.41, 5.74) is 0. The molecule has 2 N–H and O–H groups in total. The summed E-state index contributed by atoms with van der Waals surface area (Å²) in [5.74, 6) is -1.02. The minimum Gasteiger partial charge on any atom is -0.480 e. The molecular weight excluding hydrogens is 220 g/mol. The Bertz CT molecular complexity index is 275. The average Bonchev–Trinajstić information content (AvgIpc) is 2.35. The third-order valence-electron chi connectivity index (χ3n) is 3.32. The summed E-state index contributed by atoms with van der Waals surface area (Å²) < 4.78 is 0. The van der Waals surface area contributed by atoms with Gasteiger partial charge in [-0.2, -0.15) is 0 Å². The molecule has 0 aromatic carbocycles. The van der Waals surface area contributed by atoms with Crippen LogP contribution in [0.5, 0.6) is 0 Å². The standard InChI is InChI=1S/C12H22N2O3/c1-3-9(2)14(8-11(15)16)12(17)10-6-4-5-7-13-10/h9-10,13H,3-8H2,1-2H3,(H,15,16). The SMILES string of the molecule is CCC(C)N(CC(=O)O)C(=O)C1CCCCN1. The molecule has 1 aliphatic heterocycles. The molecule has 0 radical (unpaired) electrons. The van der Waals surface area contributed by atoms with Gasteiger partial charge in [-0.05, 0) is 32.7 Å². The van der Waals surface area contributed by atoms with E-state index in [4.69, 9.17) is 5.11 Å². The molecule has 1 fully saturated rings. The Morgan fingerprint density at radius 2 is 2.18 bits per heavy atom. The highest BCUT2D eigenvalue weighted by Gasteiger charge is 2.29. The van der Waals surface area contributed by atoms with Gasteiger partial charge in [0.05, 0.1) is 6.04 Å². The zero-order valence-electron chi connectivity index (χ0n) is 10.6. The number of carbonyl (C=O) groups is 2. The molecule has 0 aliphatic carbocycles. The van der Waals surface area contributed by atoms with Gasteiger partial charge >= 0.3 is 5.97 Å². The molecule has 17 heavy (non-hydrogen) atoms. The minimum absolute atomic E-state index is 0.0256. The van der Waals surface area contributed by atoms with E-state index in [-0.39, 0.29) is 24.5 Å². The molecule has 5 heteroatoms. The van der Waals surface area contributed by atoms with Crippen LogP contribution in [0.1, 0.15) is 39.5 Å². The smallest absolute Gasteiger partial charge is 0.323 e. The molecule has 1 rings (SSSR count). The van der Waals surface area contributed by atoms with Gasteiger partial charge in [-0.15, -0.1) is 0 Å². The number of carbonyl (C=O) groups excluding carboxylic acids is 1. The van der Waals surface area contributed by atoms with Crippen LogP contribution in [0.2, 0.25) is 0 Å². The predicted octanol–water partition coefficient (Wildman–Crippen LogP) is 0.840. The molecule has 5 nitrogen and oxygen atoms in total. The topological polar surface area (TPSA) is 69.6 Å². The number of nitrogens with one attached hydrogen (secondary N) is 1. The van der Waals surface area contributed by atoms with E-state index in [0.717, 1.165) is 32.2 Å². The summed E-state index contributed by atoms with van der Waals surface area (Å²) in [4.78, 5) is 24.5. The van der Waals surface area contributed by atoms with Crippen molar-refractivity contribution in [1.29, 1.82) is 0 Å². The summed E-state index contributed by atoms with van der Waals surface area (Å²) in [6.45, 7) is 4.49. The van der Waals surface area contributed by atoms with Crippen LogP contribution in [0, 0.1) is 0 Å². The number of amides is 1. The van der Waals surface area contributed by atoms with Gasteiger partial charge in [0.2, 0.25) is 5.91 Å². The number of carboxylic acid groups (broad SMARTS) is 1. The summed E-state index contributed by atoms with van der Waals surface area (Å²) in [5, 5.41) is 12.0. The van der Waals surface area contributed by atoms with E-state index in [2.05, 4.69) is 5.32 Å². The van der Waals surface area contributed by atoms with Crippen LogP contribution < -0.4 is 5.32 Å². The van der Waals surface area contributed by atoms with E-state index >= 15 is 0 Å². The number of nitrogens with zero attached hydrogens (tertiary/aromatic N) is 1. The largest absolute Gasteiger partial charge is 0.480 e. The average molecular weight is 242 g/mol. The van der Waals surface area contributed by atoms with E-state index in [1.54, 1.807) is 0 Å². The van der Waals surface area contributed by atoms with Crippen molar-refractivity contribution in [3.05, 3.63) is 0 Å². The van der Waals surface area contributed by atoms with Crippen LogP contribution in [0.25, 0.3) is 0 Å². The van der Waals surface area contributed by atoms with E-state index in [1.165, 1.54) is 4.90 Å². The first-order valence-corrected chi connectivity index (χ1v) is 6.32. The second-order valence-corrected chi connectivity index (χ2v) is 4.62.